The van der Waals surface area contributed by atoms with Crippen molar-refractivity contribution >= 4 is 5.91 Å². The van der Waals surface area contributed by atoms with Gasteiger partial charge in [0.05, 0.1) is 0 Å². The number of halogens is 1. The number of hydrogen-bond acceptors (Lipinski definition) is 3. The molecule has 1 aromatic rings. The molecular formula is C17H25FN2O2. The predicted molar refractivity (Wildman–Crippen MR) is 83.9 cm³/mol. The zero-order valence-corrected chi connectivity index (χ0v) is 13.3. The molecule has 1 unspecified atom stereocenters. The monoisotopic (exact) mass is 308 g/mol. The highest BCUT2D eigenvalue weighted by Crippen LogP contribution is 2.31. The molecule has 5 heteroatoms. The SMILES string of the molecule is CN(C)C1(CNC(=O)C(O)c2cccc(F)c2)CCCCC1. The van der Waals surface area contributed by atoms with Crippen LogP contribution in [-0.2, 0) is 4.79 Å². The quantitative estimate of drug-likeness (QED) is 0.877. The molecule has 1 aliphatic carbocycles. The van der Waals surface area contributed by atoms with Crippen LogP contribution in [0.1, 0.15) is 43.8 Å². The molecule has 1 aliphatic rings. The van der Waals surface area contributed by atoms with Crippen molar-refractivity contribution < 1.29 is 14.3 Å². The number of nitrogens with zero attached hydrogens (tertiary/aromatic N) is 1. The van der Waals surface area contributed by atoms with Crippen molar-refractivity contribution in [2.75, 3.05) is 20.6 Å². The second kappa shape index (κ2) is 7.20. The van der Waals surface area contributed by atoms with Crippen molar-refractivity contribution in [3.05, 3.63) is 35.6 Å². The van der Waals surface area contributed by atoms with E-state index in [4.69, 9.17) is 0 Å². The second-order valence-electron chi connectivity index (χ2n) is 6.35. The molecule has 0 bridgehead atoms. The lowest BCUT2D eigenvalue weighted by Gasteiger charge is -2.43. The minimum absolute atomic E-state index is 0.0461. The van der Waals surface area contributed by atoms with E-state index < -0.39 is 17.8 Å². The highest BCUT2D eigenvalue weighted by molar-refractivity contribution is 5.81. The van der Waals surface area contributed by atoms with E-state index in [1.165, 1.54) is 24.6 Å². The fourth-order valence-electron chi connectivity index (χ4n) is 3.17. The van der Waals surface area contributed by atoms with Crippen LogP contribution in [-0.4, -0.2) is 42.1 Å². The summed E-state index contributed by atoms with van der Waals surface area (Å²) < 4.78 is 13.2. The first-order valence-corrected chi connectivity index (χ1v) is 7.83. The van der Waals surface area contributed by atoms with Crippen LogP contribution in [0.4, 0.5) is 4.39 Å². The molecule has 0 radical (unpaired) electrons. The lowest BCUT2D eigenvalue weighted by atomic mass is 9.80. The summed E-state index contributed by atoms with van der Waals surface area (Å²) >= 11 is 0. The maximum absolute atomic E-state index is 13.2. The summed E-state index contributed by atoms with van der Waals surface area (Å²) in [4.78, 5) is 14.3. The van der Waals surface area contributed by atoms with E-state index >= 15 is 0 Å². The molecule has 2 rings (SSSR count). The van der Waals surface area contributed by atoms with Crippen LogP contribution in [0, 0.1) is 5.82 Å². The van der Waals surface area contributed by atoms with Gasteiger partial charge in [-0.3, -0.25) is 4.79 Å². The molecule has 0 spiro atoms. The molecule has 0 aromatic heterocycles. The first-order chi connectivity index (χ1) is 10.4. The normalized spacial score (nSPS) is 19.0. The van der Waals surface area contributed by atoms with Gasteiger partial charge in [0.2, 0.25) is 0 Å². The van der Waals surface area contributed by atoms with E-state index in [0.29, 0.717) is 6.54 Å². The molecule has 1 aromatic carbocycles. The zero-order chi connectivity index (χ0) is 16.2. The van der Waals surface area contributed by atoms with Gasteiger partial charge in [0, 0.05) is 12.1 Å². The highest BCUT2D eigenvalue weighted by Gasteiger charge is 2.35. The van der Waals surface area contributed by atoms with Crippen LogP contribution in [0.2, 0.25) is 0 Å². The Morgan fingerprint density at radius 1 is 1.36 bits per heavy atom. The van der Waals surface area contributed by atoms with Crippen molar-refractivity contribution in [1.29, 1.82) is 0 Å². The minimum atomic E-state index is -1.33. The molecule has 4 nitrogen and oxygen atoms in total. The number of nitrogens with one attached hydrogen (secondary N) is 1. The highest BCUT2D eigenvalue weighted by atomic mass is 19.1. The van der Waals surface area contributed by atoms with Gasteiger partial charge in [-0.15, -0.1) is 0 Å². The molecule has 2 N–H and O–H groups in total. The summed E-state index contributed by atoms with van der Waals surface area (Å²) in [7, 11) is 4.06. The topological polar surface area (TPSA) is 52.6 Å². The zero-order valence-electron chi connectivity index (χ0n) is 13.3. The van der Waals surface area contributed by atoms with Gasteiger partial charge < -0.3 is 15.3 Å². The van der Waals surface area contributed by atoms with Gasteiger partial charge in [0.15, 0.2) is 6.10 Å². The molecule has 22 heavy (non-hydrogen) atoms. The fourth-order valence-corrected chi connectivity index (χ4v) is 3.17. The van der Waals surface area contributed by atoms with Crippen molar-refractivity contribution in [3.63, 3.8) is 0 Å². The van der Waals surface area contributed by atoms with Gasteiger partial charge in [0.1, 0.15) is 5.82 Å². The summed E-state index contributed by atoms with van der Waals surface area (Å²) in [5.41, 5.74) is 0.232. The molecule has 1 atom stereocenters. The summed E-state index contributed by atoms with van der Waals surface area (Å²) in [6.07, 6.45) is 4.28. The Bertz CT molecular complexity index is 513. The molecular weight excluding hydrogens is 283 g/mol. The Labute approximate surface area is 131 Å². The van der Waals surface area contributed by atoms with Crippen molar-refractivity contribution in [2.24, 2.45) is 0 Å². The minimum Gasteiger partial charge on any atom is -0.378 e. The third-order valence-corrected chi connectivity index (χ3v) is 4.74. The van der Waals surface area contributed by atoms with Crippen LogP contribution >= 0.6 is 0 Å². The number of carbonyl (C=O) groups is 1. The van der Waals surface area contributed by atoms with E-state index in [2.05, 4.69) is 10.2 Å². The number of aliphatic hydroxyl groups excluding tert-OH is 1. The molecule has 1 saturated carbocycles. The second-order valence-corrected chi connectivity index (χ2v) is 6.35. The maximum Gasteiger partial charge on any atom is 0.253 e. The average molecular weight is 308 g/mol. The predicted octanol–water partition coefficient (Wildman–Crippen LogP) is 2.24. The smallest absolute Gasteiger partial charge is 0.253 e. The molecule has 0 saturated heterocycles. The van der Waals surface area contributed by atoms with Crippen molar-refractivity contribution in [2.45, 2.75) is 43.7 Å². The average Bonchev–Trinajstić information content (AvgIpc) is 2.52. The lowest BCUT2D eigenvalue weighted by molar-refractivity contribution is -0.130. The molecule has 0 heterocycles. The third-order valence-electron chi connectivity index (χ3n) is 4.74. The molecule has 0 aliphatic heterocycles. The summed E-state index contributed by atoms with van der Waals surface area (Å²) in [5, 5.41) is 12.9. The number of carbonyl (C=O) groups excluding carboxylic acids is 1. The van der Waals surface area contributed by atoms with E-state index in [1.807, 2.05) is 14.1 Å². The number of rotatable bonds is 5. The maximum atomic E-state index is 13.2. The van der Waals surface area contributed by atoms with E-state index in [-0.39, 0.29) is 11.1 Å². The van der Waals surface area contributed by atoms with E-state index in [0.717, 1.165) is 25.7 Å². The van der Waals surface area contributed by atoms with Crippen LogP contribution in [0.3, 0.4) is 0 Å². The Morgan fingerprint density at radius 2 is 2.05 bits per heavy atom. The van der Waals surface area contributed by atoms with E-state index in [9.17, 15) is 14.3 Å². The van der Waals surface area contributed by atoms with Gasteiger partial charge in [-0.1, -0.05) is 31.4 Å². The molecule has 1 fully saturated rings. The lowest BCUT2D eigenvalue weighted by Crippen LogP contribution is -2.54. The standard InChI is InChI=1S/C17H25FN2O2/c1-20(2)17(9-4-3-5-10-17)12-19-16(22)15(21)13-7-6-8-14(18)11-13/h6-8,11,15,21H,3-5,9-10,12H2,1-2H3,(H,19,22). The van der Waals surface area contributed by atoms with Crippen LogP contribution < -0.4 is 5.32 Å². The molecule has 1 amide bonds. The van der Waals surface area contributed by atoms with Crippen LogP contribution in [0.5, 0.6) is 0 Å². The van der Waals surface area contributed by atoms with Gasteiger partial charge in [-0.25, -0.2) is 4.39 Å². The molecule has 122 valence electrons. The number of benzene rings is 1. The fraction of sp³-hybridized carbons (Fsp3) is 0.588. The number of hydrogen-bond donors (Lipinski definition) is 2. The van der Waals surface area contributed by atoms with Crippen molar-refractivity contribution in [3.8, 4) is 0 Å². The van der Waals surface area contributed by atoms with Gasteiger partial charge in [-0.2, -0.15) is 0 Å². The Balaban J connectivity index is 1.99. The third kappa shape index (κ3) is 3.84. The number of aliphatic hydroxyl groups is 1. The van der Waals surface area contributed by atoms with Gasteiger partial charge in [0.25, 0.3) is 5.91 Å². The first-order valence-electron chi connectivity index (χ1n) is 7.83. The number of likely N-dealkylation sites (N-methyl/N-ethyl adjacent to an activating group) is 1. The van der Waals surface area contributed by atoms with Crippen LogP contribution in [0.15, 0.2) is 24.3 Å². The Kier molecular flexibility index (Phi) is 5.53. The van der Waals surface area contributed by atoms with Crippen LogP contribution in [0.25, 0.3) is 0 Å². The largest absolute Gasteiger partial charge is 0.378 e. The van der Waals surface area contributed by atoms with E-state index in [1.54, 1.807) is 6.07 Å². The van der Waals surface area contributed by atoms with Gasteiger partial charge >= 0.3 is 0 Å². The summed E-state index contributed by atoms with van der Waals surface area (Å²) in [5.74, 6) is -0.932. The first kappa shape index (κ1) is 16.9. The summed E-state index contributed by atoms with van der Waals surface area (Å²) in [6, 6.07) is 5.52. The Morgan fingerprint density at radius 3 is 2.64 bits per heavy atom. The van der Waals surface area contributed by atoms with Gasteiger partial charge in [-0.05, 0) is 44.6 Å². The summed E-state index contributed by atoms with van der Waals surface area (Å²) in [6.45, 7) is 0.505. The number of amides is 1. The van der Waals surface area contributed by atoms with Crippen molar-refractivity contribution in [1.82, 2.24) is 10.2 Å². The Hall–Kier alpha value is -1.46.